The van der Waals surface area contributed by atoms with Gasteiger partial charge in [0, 0.05) is 17.1 Å². The molecule has 0 aliphatic rings. The van der Waals surface area contributed by atoms with E-state index in [2.05, 4.69) is 22.1 Å². The fourth-order valence-corrected chi connectivity index (χ4v) is 2.41. The molecule has 0 amide bonds. The molecule has 2 aromatic carbocycles. The number of pyridine rings is 1. The van der Waals surface area contributed by atoms with E-state index in [4.69, 9.17) is 4.98 Å². The van der Waals surface area contributed by atoms with E-state index in [1.165, 1.54) is 0 Å². The van der Waals surface area contributed by atoms with Crippen molar-refractivity contribution in [1.29, 1.82) is 0 Å². The van der Waals surface area contributed by atoms with Gasteiger partial charge in [-0.3, -0.25) is 9.97 Å². The molecule has 0 spiro atoms. The minimum atomic E-state index is 0.877. The van der Waals surface area contributed by atoms with Crippen molar-refractivity contribution in [2.24, 2.45) is 0 Å². The SMILES string of the molecule is c1ccc2nc(-c3cccc4ncccc34)cnc2c1. The Balaban J connectivity index is 2.01. The highest BCUT2D eigenvalue weighted by Crippen LogP contribution is 2.26. The van der Waals surface area contributed by atoms with E-state index in [0.29, 0.717) is 0 Å². The van der Waals surface area contributed by atoms with Crippen molar-refractivity contribution >= 4 is 21.9 Å². The van der Waals surface area contributed by atoms with Crippen molar-refractivity contribution in [3.63, 3.8) is 0 Å². The molecule has 0 fully saturated rings. The number of aromatic nitrogens is 3. The molecule has 0 saturated carbocycles. The number of para-hydroxylation sites is 2. The first kappa shape index (κ1) is 11.1. The Morgan fingerprint density at radius 3 is 2.45 bits per heavy atom. The first-order chi connectivity index (χ1) is 9.92. The van der Waals surface area contributed by atoms with E-state index in [1.807, 2.05) is 48.7 Å². The van der Waals surface area contributed by atoms with Crippen LogP contribution in [0.5, 0.6) is 0 Å². The molecule has 94 valence electrons. The number of hydrogen-bond acceptors (Lipinski definition) is 3. The van der Waals surface area contributed by atoms with Crippen LogP contribution in [0.3, 0.4) is 0 Å². The summed E-state index contributed by atoms with van der Waals surface area (Å²) >= 11 is 0. The molecule has 0 radical (unpaired) electrons. The van der Waals surface area contributed by atoms with Crippen molar-refractivity contribution in [3.8, 4) is 11.3 Å². The second-order valence-electron chi connectivity index (χ2n) is 4.62. The Labute approximate surface area is 116 Å². The monoisotopic (exact) mass is 257 g/mol. The third-order valence-electron chi connectivity index (χ3n) is 3.37. The molecule has 4 aromatic rings. The number of benzene rings is 2. The molecule has 0 N–H and O–H groups in total. The van der Waals surface area contributed by atoms with Crippen LogP contribution in [0, 0.1) is 0 Å². The van der Waals surface area contributed by atoms with E-state index in [9.17, 15) is 0 Å². The summed E-state index contributed by atoms with van der Waals surface area (Å²) in [4.78, 5) is 13.6. The summed E-state index contributed by atoms with van der Waals surface area (Å²) in [5, 5.41) is 1.10. The third kappa shape index (κ3) is 1.72. The average Bonchev–Trinajstić information content (AvgIpc) is 2.54. The van der Waals surface area contributed by atoms with Crippen LogP contribution < -0.4 is 0 Å². The summed E-state index contributed by atoms with van der Waals surface area (Å²) in [5.41, 5.74) is 4.73. The number of fused-ring (bicyclic) bond motifs is 2. The van der Waals surface area contributed by atoms with Crippen molar-refractivity contribution in [2.45, 2.75) is 0 Å². The smallest absolute Gasteiger partial charge is 0.0899 e. The Morgan fingerprint density at radius 2 is 1.50 bits per heavy atom. The van der Waals surface area contributed by atoms with Gasteiger partial charge in [0.15, 0.2) is 0 Å². The zero-order valence-corrected chi connectivity index (χ0v) is 10.7. The van der Waals surface area contributed by atoms with Crippen LogP contribution in [0.4, 0.5) is 0 Å². The van der Waals surface area contributed by atoms with Crippen LogP contribution in [-0.2, 0) is 0 Å². The van der Waals surface area contributed by atoms with Gasteiger partial charge in [-0.25, -0.2) is 4.98 Å². The van der Waals surface area contributed by atoms with Gasteiger partial charge in [0.2, 0.25) is 0 Å². The van der Waals surface area contributed by atoms with Gasteiger partial charge < -0.3 is 0 Å². The van der Waals surface area contributed by atoms with Crippen LogP contribution in [0.25, 0.3) is 33.2 Å². The zero-order valence-electron chi connectivity index (χ0n) is 10.7. The molecule has 4 rings (SSSR count). The summed E-state index contributed by atoms with van der Waals surface area (Å²) in [5.74, 6) is 0. The standard InChI is InChI=1S/C17H11N3/c1-2-8-16-15(7-1)19-11-17(20-16)13-5-3-9-14-12(13)6-4-10-18-14/h1-11H. The Morgan fingerprint density at radius 1 is 0.650 bits per heavy atom. The van der Waals surface area contributed by atoms with Crippen molar-refractivity contribution in [3.05, 3.63) is 67.0 Å². The van der Waals surface area contributed by atoms with Crippen molar-refractivity contribution in [2.75, 3.05) is 0 Å². The molecular weight excluding hydrogens is 246 g/mol. The first-order valence-corrected chi connectivity index (χ1v) is 6.48. The lowest BCUT2D eigenvalue weighted by atomic mass is 10.1. The van der Waals surface area contributed by atoms with Crippen LogP contribution >= 0.6 is 0 Å². The van der Waals surface area contributed by atoms with Gasteiger partial charge in [-0.2, -0.15) is 0 Å². The summed E-state index contributed by atoms with van der Waals surface area (Å²) in [6, 6.07) is 18.0. The molecular formula is C17H11N3. The average molecular weight is 257 g/mol. The van der Waals surface area contributed by atoms with Gasteiger partial charge in [-0.1, -0.05) is 30.3 Å². The van der Waals surface area contributed by atoms with Crippen LogP contribution in [0.2, 0.25) is 0 Å². The molecule has 0 aliphatic carbocycles. The molecule has 3 heteroatoms. The van der Waals surface area contributed by atoms with Gasteiger partial charge in [0.25, 0.3) is 0 Å². The van der Waals surface area contributed by atoms with Crippen molar-refractivity contribution < 1.29 is 0 Å². The lowest BCUT2D eigenvalue weighted by Gasteiger charge is -2.06. The number of hydrogen-bond donors (Lipinski definition) is 0. The van der Waals surface area contributed by atoms with E-state index < -0.39 is 0 Å². The topological polar surface area (TPSA) is 38.7 Å². The highest BCUT2D eigenvalue weighted by atomic mass is 14.8. The van der Waals surface area contributed by atoms with Gasteiger partial charge >= 0.3 is 0 Å². The minimum absolute atomic E-state index is 0.877. The van der Waals surface area contributed by atoms with Gasteiger partial charge in [0.1, 0.15) is 0 Å². The van der Waals surface area contributed by atoms with Crippen LogP contribution in [0.1, 0.15) is 0 Å². The van der Waals surface area contributed by atoms with Crippen LogP contribution in [-0.4, -0.2) is 15.0 Å². The summed E-state index contributed by atoms with van der Waals surface area (Å²) in [6.07, 6.45) is 3.63. The highest BCUT2D eigenvalue weighted by molar-refractivity contribution is 5.94. The second-order valence-corrected chi connectivity index (χ2v) is 4.62. The highest BCUT2D eigenvalue weighted by Gasteiger charge is 2.06. The maximum atomic E-state index is 4.71. The molecule has 0 bridgehead atoms. The fourth-order valence-electron chi connectivity index (χ4n) is 2.41. The maximum Gasteiger partial charge on any atom is 0.0899 e. The molecule has 20 heavy (non-hydrogen) atoms. The summed E-state index contributed by atoms with van der Waals surface area (Å²) in [7, 11) is 0. The maximum absolute atomic E-state index is 4.71. The lowest BCUT2D eigenvalue weighted by molar-refractivity contribution is 1.30. The summed E-state index contributed by atoms with van der Waals surface area (Å²) < 4.78 is 0. The van der Waals surface area contributed by atoms with Gasteiger partial charge in [-0.15, -0.1) is 0 Å². The Bertz CT molecular complexity index is 910. The van der Waals surface area contributed by atoms with Gasteiger partial charge in [0.05, 0.1) is 28.4 Å². The predicted octanol–water partition coefficient (Wildman–Crippen LogP) is 3.85. The first-order valence-electron chi connectivity index (χ1n) is 6.48. The van der Waals surface area contributed by atoms with E-state index in [1.54, 1.807) is 6.20 Å². The molecule has 0 atom stereocenters. The minimum Gasteiger partial charge on any atom is -0.256 e. The van der Waals surface area contributed by atoms with Gasteiger partial charge in [-0.05, 0) is 24.3 Å². The summed E-state index contributed by atoms with van der Waals surface area (Å²) in [6.45, 7) is 0. The Hall–Kier alpha value is -2.81. The molecule has 0 aliphatic heterocycles. The van der Waals surface area contributed by atoms with Crippen LogP contribution in [0.15, 0.2) is 67.0 Å². The van der Waals surface area contributed by atoms with E-state index in [-0.39, 0.29) is 0 Å². The normalized spacial score (nSPS) is 11.0. The lowest BCUT2D eigenvalue weighted by Crippen LogP contribution is -1.90. The molecule has 2 aromatic heterocycles. The van der Waals surface area contributed by atoms with E-state index >= 15 is 0 Å². The van der Waals surface area contributed by atoms with Crippen molar-refractivity contribution in [1.82, 2.24) is 15.0 Å². The predicted molar refractivity (Wildman–Crippen MR) is 80.3 cm³/mol. The zero-order chi connectivity index (χ0) is 13.4. The fraction of sp³-hybridized carbons (Fsp3) is 0. The molecule has 0 unspecified atom stereocenters. The molecule has 3 nitrogen and oxygen atoms in total. The molecule has 0 saturated heterocycles. The Kier molecular flexibility index (Phi) is 2.42. The van der Waals surface area contributed by atoms with E-state index in [0.717, 1.165) is 33.2 Å². The largest absolute Gasteiger partial charge is 0.256 e. The third-order valence-corrected chi connectivity index (χ3v) is 3.37. The molecule has 2 heterocycles. The quantitative estimate of drug-likeness (QED) is 0.520. The number of rotatable bonds is 1. The second kappa shape index (κ2) is 4.38. The number of nitrogens with zero attached hydrogens (tertiary/aromatic N) is 3.